The van der Waals surface area contributed by atoms with Crippen molar-refractivity contribution in [1.82, 2.24) is 0 Å². The number of unbranched alkanes of at least 4 members (excludes halogenated alkanes) is 3. The second kappa shape index (κ2) is 7.06. The molecule has 0 aromatic rings. The van der Waals surface area contributed by atoms with Crippen molar-refractivity contribution in [2.24, 2.45) is 5.73 Å². The maximum atomic E-state index is 8.44. The van der Waals surface area contributed by atoms with Crippen LogP contribution < -0.4 is 5.73 Å². The van der Waals surface area contributed by atoms with E-state index in [1.54, 1.807) is 0 Å². The van der Waals surface area contributed by atoms with Crippen molar-refractivity contribution in [3.8, 4) is 0 Å². The van der Waals surface area contributed by atoms with Crippen LogP contribution in [0.4, 0.5) is 0 Å². The molecule has 0 aliphatic rings. The van der Waals surface area contributed by atoms with Crippen LogP contribution in [0.15, 0.2) is 0 Å². The summed E-state index contributed by atoms with van der Waals surface area (Å²) in [5.74, 6) is 0. The molecule has 0 amide bonds. The van der Waals surface area contributed by atoms with Crippen molar-refractivity contribution in [3.63, 3.8) is 0 Å². The Morgan fingerprint density at radius 2 is 1.60 bits per heavy atom. The second-order valence-electron chi connectivity index (χ2n) is 2.47. The molecule has 0 radical (unpaired) electrons. The maximum Gasteiger partial charge on any atom is 0.451 e. The van der Waals surface area contributed by atoms with Crippen molar-refractivity contribution >= 4 is 7.12 Å². The average Bonchev–Trinajstić information content (AvgIpc) is 1.87. The molecule has 0 saturated heterocycles. The van der Waals surface area contributed by atoms with Gasteiger partial charge in [0.25, 0.3) is 0 Å². The fraction of sp³-hybridized carbons (Fsp3) is 1.00. The molecular formula is C6H16BNO2. The van der Waals surface area contributed by atoms with Crippen LogP contribution in [0.1, 0.15) is 25.7 Å². The summed E-state index contributed by atoms with van der Waals surface area (Å²) in [4.78, 5) is 0. The Kier molecular flexibility index (Phi) is 7.02. The molecule has 0 unspecified atom stereocenters. The summed E-state index contributed by atoms with van der Waals surface area (Å²) in [6.07, 6.45) is 4.57. The lowest BCUT2D eigenvalue weighted by molar-refractivity contribution is 0.401. The summed E-state index contributed by atoms with van der Waals surface area (Å²) in [7, 11) is -1.13. The maximum absolute atomic E-state index is 8.44. The third kappa shape index (κ3) is 7.94. The van der Waals surface area contributed by atoms with E-state index in [4.69, 9.17) is 15.8 Å². The summed E-state index contributed by atoms with van der Waals surface area (Å²) in [6.45, 7) is 0.738. The molecule has 0 spiro atoms. The molecule has 4 N–H and O–H groups in total. The molecule has 0 fully saturated rings. The number of hydrogen-bond donors (Lipinski definition) is 3. The molecule has 0 rings (SSSR count). The van der Waals surface area contributed by atoms with Crippen LogP contribution >= 0.6 is 0 Å². The summed E-state index contributed by atoms with van der Waals surface area (Å²) in [5, 5.41) is 16.9. The van der Waals surface area contributed by atoms with Crippen LogP contribution in [0.5, 0.6) is 0 Å². The zero-order chi connectivity index (χ0) is 7.82. The van der Waals surface area contributed by atoms with Gasteiger partial charge >= 0.3 is 7.12 Å². The van der Waals surface area contributed by atoms with Crippen molar-refractivity contribution < 1.29 is 10.0 Å². The van der Waals surface area contributed by atoms with Crippen LogP contribution in [0.25, 0.3) is 0 Å². The average molecular weight is 145 g/mol. The Hall–Kier alpha value is -0.0551. The Labute approximate surface area is 62.4 Å². The third-order valence-corrected chi connectivity index (χ3v) is 1.42. The van der Waals surface area contributed by atoms with E-state index in [-0.39, 0.29) is 0 Å². The van der Waals surface area contributed by atoms with Gasteiger partial charge in [0.15, 0.2) is 0 Å². The minimum absolute atomic E-state index is 0.491. The number of hydrogen-bond acceptors (Lipinski definition) is 3. The van der Waals surface area contributed by atoms with Gasteiger partial charge in [0.2, 0.25) is 0 Å². The van der Waals surface area contributed by atoms with E-state index in [0.29, 0.717) is 6.32 Å². The molecule has 60 valence electrons. The first-order chi connectivity index (χ1) is 4.77. The predicted octanol–water partition coefficient (Wildman–Crippen LogP) is -0.0217. The Morgan fingerprint density at radius 3 is 2.10 bits per heavy atom. The quantitative estimate of drug-likeness (QED) is 0.363. The lowest BCUT2D eigenvalue weighted by Gasteiger charge is -1.98. The van der Waals surface area contributed by atoms with Crippen LogP contribution in [0.2, 0.25) is 6.32 Å². The first kappa shape index (κ1) is 9.94. The predicted molar refractivity (Wildman–Crippen MR) is 42.5 cm³/mol. The van der Waals surface area contributed by atoms with E-state index >= 15 is 0 Å². The smallest absolute Gasteiger partial charge is 0.427 e. The minimum atomic E-state index is -1.13. The second-order valence-corrected chi connectivity index (χ2v) is 2.47. The highest BCUT2D eigenvalue weighted by molar-refractivity contribution is 6.40. The lowest BCUT2D eigenvalue weighted by Crippen LogP contribution is -2.09. The van der Waals surface area contributed by atoms with Crippen molar-refractivity contribution in [2.75, 3.05) is 6.54 Å². The van der Waals surface area contributed by atoms with Gasteiger partial charge in [-0.3, -0.25) is 0 Å². The van der Waals surface area contributed by atoms with Gasteiger partial charge in [-0.2, -0.15) is 0 Å². The molecule has 10 heavy (non-hydrogen) atoms. The van der Waals surface area contributed by atoms with Crippen molar-refractivity contribution in [3.05, 3.63) is 0 Å². The summed E-state index contributed by atoms with van der Waals surface area (Å²) in [6, 6.07) is 0. The first-order valence-corrected chi connectivity index (χ1v) is 3.83. The van der Waals surface area contributed by atoms with Crippen molar-refractivity contribution in [1.29, 1.82) is 0 Å². The SMILES string of the molecule is NCCCCCCB(O)O. The Morgan fingerprint density at radius 1 is 1.00 bits per heavy atom. The van der Waals surface area contributed by atoms with Gasteiger partial charge in [0.1, 0.15) is 0 Å². The molecule has 4 heteroatoms. The van der Waals surface area contributed by atoms with Crippen molar-refractivity contribution in [2.45, 2.75) is 32.0 Å². The Balaban J connectivity index is 2.77. The molecule has 0 atom stereocenters. The highest BCUT2D eigenvalue weighted by atomic mass is 16.4. The summed E-state index contributed by atoms with van der Waals surface area (Å²) in [5.41, 5.74) is 5.27. The molecule has 0 aromatic heterocycles. The molecule has 0 aliphatic carbocycles. The van der Waals surface area contributed by atoms with Gasteiger partial charge in [-0.1, -0.05) is 19.3 Å². The topological polar surface area (TPSA) is 66.5 Å². The Bertz CT molecular complexity index is 70.8. The monoisotopic (exact) mass is 145 g/mol. The van der Waals surface area contributed by atoms with Gasteiger partial charge in [-0.25, -0.2) is 0 Å². The molecule has 3 nitrogen and oxygen atoms in total. The molecular weight excluding hydrogens is 129 g/mol. The normalized spacial score (nSPS) is 9.90. The molecule has 0 heterocycles. The number of nitrogens with two attached hydrogens (primary N) is 1. The van der Waals surface area contributed by atoms with E-state index in [2.05, 4.69) is 0 Å². The minimum Gasteiger partial charge on any atom is -0.427 e. The van der Waals surface area contributed by atoms with Gasteiger partial charge in [-0.05, 0) is 19.3 Å². The van der Waals surface area contributed by atoms with E-state index in [0.717, 1.165) is 32.2 Å². The zero-order valence-electron chi connectivity index (χ0n) is 6.29. The number of rotatable bonds is 6. The fourth-order valence-electron chi connectivity index (χ4n) is 0.825. The van der Waals surface area contributed by atoms with E-state index in [1.807, 2.05) is 0 Å². The summed E-state index contributed by atoms with van der Waals surface area (Å²) >= 11 is 0. The van der Waals surface area contributed by atoms with E-state index in [9.17, 15) is 0 Å². The summed E-state index contributed by atoms with van der Waals surface area (Å²) < 4.78 is 0. The highest BCUT2D eigenvalue weighted by Crippen LogP contribution is 2.02. The van der Waals surface area contributed by atoms with Gasteiger partial charge in [0, 0.05) is 0 Å². The molecule has 0 aliphatic heterocycles. The van der Waals surface area contributed by atoms with Gasteiger partial charge in [0.05, 0.1) is 0 Å². The lowest BCUT2D eigenvalue weighted by atomic mass is 9.83. The zero-order valence-corrected chi connectivity index (χ0v) is 6.29. The van der Waals surface area contributed by atoms with E-state index in [1.165, 1.54) is 0 Å². The first-order valence-electron chi connectivity index (χ1n) is 3.83. The molecule has 0 bridgehead atoms. The van der Waals surface area contributed by atoms with E-state index < -0.39 is 7.12 Å². The van der Waals surface area contributed by atoms with Crippen LogP contribution in [-0.2, 0) is 0 Å². The van der Waals surface area contributed by atoms with Crippen LogP contribution in [0, 0.1) is 0 Å². The van der Waals surface area contributed by atoms with Gasteiger partial charge in [-0.15, -0.1) is 0 Å². The van der Waals surface area contributed by atoms with Crippen LogP contribution in [-0.4, -0.2) is 23.7 Å². The van der Waals surface area contributed by atoms with Gasteiger partial charge < -0.3 is 15.8 Å². The molecule has 0 saturated carbocycles. The standard InChI is InChI=1S/C6H16BNO2/c8-6-4-2-1-3-5-7(9)10/h9-10H,1-6,8H2. The fourth-order valence-corrected chi connectivity index (χ4v) is 0.825. The third-order valence-electron chi connectivity index (χ3n) is 1.42. The van der Waals surface area contributed by atoms with Crippen LogP contribution in [0.3, 0.4) is 0 Å². The largest absolute Gasteiger partial charge is 0.451 e. The molecule has 0 aromatic carbocycles. The highest BCUT2D eigenvalue weighted by Gasteiger charge is 2.03.